The molecule has 4 heterocycles. The zero-order chi connectivity index (χ0) is 16.1. The van der Waals surface area contributed by atoms with E-state index in [9.17, 15) is 0 Å². The highest BCUT2D eigenvalue weighted by Gasteiger charge is 2.27. The molecule has 0 N–H and O–H groups in total. The fraction of sp³-hybridized carbons (Fsp3) is 0.529. The molecule has 7 heteroatoms. The van der Waals surface area contributed by atoms with E-state index >= 15 is 0 Å². The minimum Gasteiger partial charge on any atom is -0.356 e. The molecule has 5 rings (SSSR count). The van der Waals surface area contributed by atoms with Crippen LogP contribution in [0.3, 0.4) is 0 Å². The lowest BCUT2D eigenvalue weighted by molar-refractivity contribution is 0.501. The Balaban J connectivity index is 1.36. The van der Waals surface area contributed by atoms with Gasteiger partial charge in [0.05, 0.1) is 22.3 Å². The molecule has 6 nitrogen and oxygen atoms in total. The zero-order valence-electron chi connectivity index (χ0n) is 13.8. The summed E-state index contributed by atoms with van der Waals surface area (Å²) >= 11 is 1.96. The molecule has 0 unspecified atom stereocenters. The van der Waals surface area contributed by atoms with Crippen LogP contribution < -0.4 is 4.90 Å². The second kappa shape index (κ2) is 5.51. The molecule has 124 valence electrons. The lowest BCUT2D eigenvalue weighted by Gasteiger charge is -2.32. The van der Waals surface area contributed by atoms with Gasteiger partial charge in [0.15, 0.2) is 5.65 Å². The van der Waals surface area contributed by atoms with Gasteiger partial charge in [0.2, 0.25) is 0 Å². The maximum absolute atomic E-state index is 4.93. The van der Waals surface area contributed by atoms with E-state index in [1.807, 2.05) is 29.3 Å². The number of fused-ring (bicyclic) bond motifs is 2. The summed E-state index contributed by atoms with van der Waals surface area (Å²) < 4.78 is 1.81. The molecule has 0 radical (unpaired) electrons. The molecule has 1 saturated heterocycles. The van der Waals surface area contributed by atoms with Crippen LogP contribution in [0.5, 0.6) is 0 Å². The Kier molecular flexibility index (Phi) is 3.29. The Morgan fingerprint density at radius 3 is 2.88 bits per heavy atom. The highest BCUT2D eigenvalue weighted by Crippen LogP contribution is 2.37. The van der Waals surface area contributed by atoms with Crippen molar-refractivity contribution in [2.24, 2.45) is 7.05 Å². The SMILES string of the molecule is Cn1ncc2c(N3CCC(c4nc5c(s4)CCC5)CC3)ncnc21. The van der Waals surface area contributed by atoms with Gasteiger partial charge in [0, 0.05) is 30.9 Å². The first-order valence-corrected chi connectivity index (χ1v) is 9.47. The van der Waals surface area contributed by atoms with Gasteiger partial charge >= 0.3 is 0 Å². The van der Waals surface area contributed by atoms with Crippen LogP contribution >= 0.6 is 11.3 Å². The molecule has 0 aromatic carbocycles. The summed E-state index contributed by atoms with van der Waals surface area (Å²) in [6.45, 7) is 2.05. The van der Waals surface area contributed by atoms with Gasteiger partial charge in [0.1, 0.15) is 12.1 Å². The first-order chi connectivity index (χ1) is 11.8. The molecule has 0 atom stereocenters. The molecule has 24 heavy (non-hydrogen) atoms. The summed E-state index contributed by atoms with van der Waals surface area (Å²) in [6, 6.07) is 0. The van der Waals surface area contributed by atoms with Crippen molar-refractivity contribution >= 4 is 28.2 Å². The minimum atomic E-state index is 0.614. The fourth-order valence-corrected chi connectivity index (χ4v) is 5.25. The largest absolute Gasteiger partial charge is 0.356 e. The van der Waals surface area contributed by atoms with E-state index in [0.29, 0.717) is 5.92 Å². The Bertz CT molecular complexity index is 868. The topological polar surface area (TPSA) is 59.7 Å². The molecule has 0 bridgehead atoms. The predicted octanol–water partition coefficient (Wildman–Crippen LogP) is 2.69. The zero-order valence-corrected chi connectivity index (χ0v) is 14.6. The van der Waals surface area contributed by atoms with Crippen molar-refractivity contribution in [1.29, 1.82) is 0 Å². The van der Waals surface area contributed by atoms with Crippen molar-refractivity contribution in [2.45, 2.75) is 38.0 Å². The number of thiazole rings is 1. The van der Waals surface area contributed by atoms with Crippen LogP contribution in [0.2, 0.25) is 0 Å². The molecule has 2 aliphatic rings. The summed E-state index contributed by atoms with van der Waals surface area (Å²) in [5, 5.41) is 6.74. The maximum atomic E-state index is 4.93. The molecule has 3 aromatic heterocycles. The van der Waals surface area contributed by atoms with Gasteiger partial charge < -0.3 is 4.90 Å². The van der Waals surface area contributed by atoms with Gasteiger partial charge in [-0.25, -0.2) is 15.0 Å². The number of anilines is 1. The van der Waals surface area contributed by atoms with Crippen LogP contribution in [0.25, 0.3) is 11.0 Å². The average Bonchev–Trinajstić information content (AvgIpc) is 3.30. The van der Waals surface area contributed by atoms with Crippen LogP contribution in [0.1, 0.15) is 40.8 Å². The molecular weight excluding hydrogens is 320 g/mol. The van der Waals surface area contributed by atoms with Crippen molar-refractivity contribution in [3.63, 3.8) is 0 Å². The number of aromatic nitrogens is 5. The van der Waals surface area contributed by atoms with E-state index in [0.717, 1.165) is 42.8 Å². The molecule has 1 aliphatic heterocycles. The van der Waals surface area contributed by atoms with E-state index in [-0.39, 0.29) is 0 Å². The minimum absolute atomic E-state index is 0.614. The van der Waals surface area contributed by atoms with Gasteiger partial charge in [-0.05, 0) is 32.1 Å². The third-order valence-corrected chi connectivity index (χ3v) is 6.58. The van der Waals surface area contributed by atoms with Crippen LogP contribution in [0.4, 0.5) is 5.82 Å². The quantitative estimate of drug-likeness (QED) is 0.718. The number of aryl methyl sites for hydroxylation is 3. The Morgan fingerprint density at radius 2 is 2.04 bits per heavy atom. The number of piperidine rings is 1. The highest BCUT2D eigenvalue weighted by molar-refractivity contribution is 7.11. The van der Waals surface area contributed by atoms with Crippen molar-refractivity contribution in [3.05, 3.63) is 28.1 Å². The molecule has 1 aliphatic carbocycles. The van der Waals surface area contributed by atoms with Gasteiger partial charge in [-0.3, -0.25) is 4.68 Å². The van der Waals surface area contributed by atoms with Crippen LogP contribution in [0, 0.1) is 0 Å². The van der Waals surface area contributed by atoms with Gasteiger partial charge in [0.25, 0.3) is 0 Å². The summed E-state index contributed by atoms with van der Waals surface area (Å²) in [7, 11) is 1.92. The third-order valence-electron chi connectivity index (χ3n) is 5.26. The number of hydrogen-bond donors (Lipinski definition) is 0. The molecule has 0 saturated carbocycles. The number of nitrogens with zero attached hydrogens (tertiary/aromatic N) is 6. The molecular formula is C17H20N6S. The molecule has 3 aromatic rings. The Hall–Kier alpha value is -2.02. The van der Waals surface area contributed by atoms with E-state index < -0.39 is 0 Å². The van der Waals surface area contributed by atoms with E-state index in [1.54, 1.807) is 11.2 Å². The Labute approximate surface area is 144 Å². The maximum Gasteiger partial charge on any atom is 0.163 e. The average molecular weight is 340 g/mol. The third kappa shape index (κ3) is 2.22. The number of rotatable bonds is 2. The summed E-state index contributed by atoms with van der Waals surface area (Å²) in [5.41, 5.74) is 2.28. The second-order valence-corrected chi connectivity index (χ2v) is 7.85. The van der Waals surface area contributed by atoms with Crippen LogP contribution in [-0.4, -0.2) is 37.8 Å². The molecule has 0 amide bonds. The monoisotopic (exact) mass is 340 g/mol. The summed E-state index contributed by atoms with van der Waals surface area (Å²) in [4.78, 5) is 17.7. The van der Waals surface area contributed by atoms with Crippen molar-refractivity contribution in [2.75, 3.05) is 18.0 Å². The summed E-state index contributed by atoms with van der Waals surface area (Å²) in [5.74, 6) is 1.64. The van der Waals surface area contributed by atoms with Crippen LogP contribution in [0.15, 0.2) is 12.5 Å². The normalized spacial score (nSPS) is 18.5. The van der Waals surface area contributed by atoms with E-state index in [1.165, 1.54) is 30.0 Å². The van der Waals surface area contributed by atoms with Gasteiger partial charge in [-0.2, -0.15) is 5.10 Å². The fourth-order valence-electron chi connectivity index (χ4n) is 3.92. The lowest BCUT2D eigenvalue weighted by Crippen LogP contribution is -2.33. The van der Waals surface area contributed by atoms with Crippen LogP contribution in [-0.2, 0) is 19.9 Å². The highest BCUT2D eigenvalue weighted by atomic mass is 32.1. The second-order valence-electron chi connectivity index (χ2n) is 6.74. The van der Waals surface area contributed by atoms with E-state index in [2.05, 4.69) is 20.0 Å². The molecule has 0 spiro atoms. The first-order valence-electron chi connectivity index (χ1n) is 8.66. The Morgan fingerprint density at radius 1 is 1.17 bits per heavy atom. The summed E-state index contributed by atoms with van der Waals surface area (Å²) in [6.07, 6.45) is 9.55. The van der Waals surface area contributed by atoms with Crippen molar-refractivity contribution in [1.82, 2.24) is 24.7 Å². The first kappa shape index (κ1) is 14.3. The van der Waals surface area contributed by atoms with E-state index in [4.69, 9.17) is 4.98 Å². The van der Waals surface area contributed by atoms with Gasteiger partial charge in [-0.15, -0.1) is 11.3 Å². The van der Waals surface area contributed by atoms with Gasteiger partial charge in [-0.1, -0.05) is 0 Å². The number of hydrogen-bond acceptors (Lipinski definition) is 6. The smallest absolute Gasteiger partial charge is 0.163 e. The van der Waals surface area contributed by atoms with Crippen molar-refractivity contribution in [3.8, 4) is 0 Å². The van der Waals surface area contributed by atoms with Crippen molar-refractivity contribution < 1.29 is 0 Å². The predicted molar refractivity (Wildman–Crippen MR) is 94.6 cm³/mol. The standard InChI is InChI=1S/C17H20N6S/c1-22-15-12(9-20-22)16(19-10-18-15)23-7-5-11(6-8-23)17-21-13-3-2-4-14(13)24-17/h9-11H,2-8H2,1H3. The molecule has 1 fully saturated rings. The lowest BCUT2D eigenvalue weighted by atomic mass is 9.97.